The molecule has 1 unspecified atom stereocenters. The van der Waals surface area contributed by atoms with Gasteiger partial charge in [-0.05, 0) is 49.2 Å². The van der Waals surface area contributed by atoms with Gasteiger partial charge in [0.05, 0.1) is 18.5 Å². The first kappa shape index (κ1) is 24.8. The van der Waals surface area contributed by atoms with Crippen molar-refractivity contribution in [3.8, 4) is 17.1 Å². The summed E-state index contributed by atoms with van der Waals surface area (Å²) < 4.78 is 10.8. The highest BCUT2D eigenvalue weighted by Crippen LogP contribution is 2.25. The molecule has 2 amide bonds. The Morgan fingerprint density at radius 3 is 2.62 bits per heavy atom. The third kappa shape index (κ3) is 5.26. The van der Waals surface area contributed by atoms with E-state index in [2.05, 4.69) is 25.3 Å². The number of methoxy groups -OCH3 is 1. The summed E-state index contributed by atoms with van der Waals surface area (Å²) >= 11 is 0. The van der Waals surface area contributed by atoms with Gasteiger partial charge < -0.3 is 29.6 Å². The minimum atomic E-state index is -0.324. The monoisotopic (exact) mass is 527 g/mol. The topological polar surface area (TPSA) is 126 Å². The van der Waals surface area contributed by atoms with Gasteiger partial charge in [0.1, 0.15) is 17.5 Å². The quantitative estimate of drug-likeness (QED) is 0.392. The van der Waals surface area contributed by atoms with Crippen LogP contribution in [0.4, 0.5) is 11.6 Å². The summed E-state index contributed by atoms with van der Waals surface area (Å²) in [4.78, 5) is 45.9. The number of nitrogens with zero attached hydrogens (tertiary/aromatic N) is 5. The van der Waals surface area contributed by atoms with Crippen molar-refractivity contribution in [3.63, 3.8) is 0 Å². The summed E-state index contributed by atoms with van der Waals surface area (Å²) in [5.74, 6) is 1.09. The van der Waals surface area contributed by atoms with Gasteiger partial charge in [-0.15, -0.1) is 0 Å². The lowest BCUT2D eigenvalue weighted by molar-refractivity contribution is -0.142. The van der Waals surface area contributed by atoms with Crippen LogP contribution in [0.2, 0.25) is 0 Å². The summed E-state index contributed by atoms with van der Waals surface area (Å²) in [6, 6.07) is 13.0. The average Bonchev–Trinajstić information content (AvgIpc) is 3.67. The number of fused-ring (bicyclic) bond motifs is 1. The molecule has 0 saturated carbocycles. The number of carbonyl (C=O) groups excluding carboxylic acids is 2. The van der Waals surface area contributed by atoms with E-state index < -0.39 is 0 Å². The van der Waals surface area contributed by atoms with Gasteiger partial charge in [0, 0.05) is 67.8 Å². The van der Waals surface area contributed by atoms with E-state index in [0.717, 1.165) is 29.4 Å². The number of pyridine rings is 1. The molecule has 200 valence electrons. The predicted molar refractivity (Wildman–Crippen MR) is 145 cm³/mol. The molecule has 2 N–H and O–H groups in total. The van der Waals surface area contributed by atoms with Crippen LogP contribution < -0.4 is 10.1 Å². The lowest BCUT2D eigenvalue weighted by Gasteiger charge is -2.35. The molecule has 2 saturated heterocycles. The fraction of sp³-hybridized carbons (Fsp3) is 0.321. The Bertz CT molecular complexity index is 1510. The lowest BCUT2D eigenvalue weighted by atomic mass is 10.2. The van der Waals surface area contributed by atoms with Gasteiger partial charge in [-0.2, -0.15) is 0 Å². The number of anilines is 2. The normalized spacial score (nSPS) is 17.4. The standard InChI is InChI=1S/C28H29N7O4/c1-38-20-6-8-29-23(17-20)22-7-9-30-28(33-22)31-19-4-5-21-18(15-19)16-24(32-21)26(36)34-10-12-35(13-11-34)27(37)25-3-2-14-39-25/h4-9,15-17,25,32H,2-3,10-14H2,1H3,(H,30,31,33). The van der Waals surface area contributed by atoms with Crippen molar-refractivity contribution in [2.75, 3.05) is 45.2 Å². The molecule has 0 radical (unpaired) electrons. The van der Waals surface area contributed by atoms with E-state index in [-0.39, 0.29) is 17.9 Å². The minimum absolute atomic E-state index is 0.0412. The van der Waals surface area contributed by atoms with Crippen LogP contribution in [0.3, 0.4) is 0 Å². The highest BCUT2D eigenvalue weighted by atomic mass is 16.5. The second kappa shape index (κ2) is 10.7. The van der Waals surface area contributed by atoms with Gasteiger partial charge in [0.15, 0.2) is 0 Å². The van der Waals surface area contributed by atoms with Gasteiger partial charge in [-0.3, -0.25) is 14.6 Å². The van der Waals surface area contributed by atoms with Crippen molar-refractivity contribution < 1.29 is 19.1 Å². The van der Waals surface area contributed by atoms with E-state index in [0.29, 0.717) is 61.6 Å². The first-order chi connectivity index (χ1) is 19.1. The van der Waals surface area contributed by atoms with Gasteiger partial charge in [-0.1, -0.05) is 0 Å². The minimum Gasteiger partial charge on any atom is -0.497 e. The Labute approximate surface area is 225 Å². The van der Waals surface area contributed by atoms with Crippen LogP contribution in [0.1, 0.15) is 23.3 Å². The third-order valence-electron chi connectivity index (χ3n) is 7.08. The van der Waals surface area contributed by atoms with Gasteiger partial charge in [0.25, 0.3) is 11.8 Å². The predicted octanol–water partition coefficient (Wildman–Crippen LogP) is 3.24. The molecule has 2 aliphatic rings. The molecule has 2 aliphatic heterocycles. The summed E-state index contributed by atoms with van der Waals surface area (Å²) in [5.41, 5.74) is 3.51. The molecule has 0 aliphatic carbocycles. The number of carbonyl (C=O) groups is 2. The summed E-state index contributed by atoms with van der Waals surface area (Å²) in [7, 11) is 1.61. The van der Waals surface area contributed by atoms with E-state index in [1.165, 1.54) is 0 Å². The number of hydrogen-bond donors (Lipinski definition) is 2. The van der Waals surface area contributed by atoms with Crippen LogP contribution in [0, 0.1) is 0 Å². The summed E-state index contributed by atoms with van der Waals surface area (Å²) in [6.45, 7) is 2.67. The number of ether oxygens (including phenoxy) is 2. The van der Waals surface area contributed by atoms with E-state index in [1.807, 2.05) is 35.2 Å². The van der Waals surface area contributed by atoms with Gasteiger partial charge >= 0.3 is 0 Å². The third-order valence-corrected chi connectivity index (χ3v) is 7.08. The molecule has 6 rings (SSSR count). The SMILES string of the molecule is COc1ccnc(-c2ccnc(Nc3ccc4[nH]c(C(=O)N5CCN(C(=O)C6CCCO6)CC5)cc4c3)n2)c1. The molecular weight excluding hydrogens is 498 g/mol. The largest absolute Gasteiger partial charge is 0.497 e. The number of aromatic nitrogens is 4. The van der Waals surface area contributed by atoms with Crippen molar-refractivity contribution in [2.24, 2.45) is 0 Å². The Balaban J connectivity index is 1.12. The van der Waals surface area contributed by atoms with E-state index in [1.54, 1.807) is 36.5 Å². The molecule has 4 aromatic rings. The first-order valence-corrected chi connectivity index (χ1v) is 13.0. The molecular formula is C28H29N7O4. The molecule has 11 heteroatoms. The van der Waals surface area contributed by atoms with E-state index in [4.69, 9.17) is 9.47 Å². The van der Waals surface area contributed by atoms with Gasteiger partial charge in [0.2, 0.25) is 5.95 Å². The van der Waals surface area contributed by atoms with Crippen molar-refractivity contribution in [3.05, 3.63) is 60.6 Å². The van der Waals surface area contributed by atoms with Crippen molar-refractivity contribution in [1.82, 2.24) is 29.7 Å². The fourth-order valence-electron chi connectivity index (χ4n) is 4.97. The molecule has 39 heavy (non-hydrogen) atoms. The van der Waals surface area contributed by atoms with Crippen LogP contribution >= 0.6 is 0 Å². The highest BCUT2D eigenvalue weighted by Gasteiger charge is 2.31. The summed E-state index contributed by atoms with van der Waals surface area (Å²) in [5, 5.41) is 4.13. The van der Waals surface area contributed by atoms with E-state index >= 15 is 0 Å². The van der Waals surface area contributed by atoms with E-state index in [9.17, 15) is 9.59 Å². The van der Waals surface area contributed by atoms with Crippen LogP contribution in [0.5, 0.6) is 5.75 Å². The number of aromatic amines is 1. The van der Waals surface area contributed by atoms with Crippen LogP contribution in [-0.2, 0) is 9.53 Å². The first-order valence-electron chi connectivity index (χ1n) is 13.0. The zero-order chi connectivity index (χ0) is 26.8. The number of hydrogen-bond acceptors (Lipinski definition) is 8. The second-order valence-electron chi connectivity index (χ2n) is 9.58. The Hall–Kier alpha value is -4.51. The molecule has 1 atom stereocenters. The number of H-pyrrole nitrogens is 1. The van der Waals surface area contributed by atoms with Crippen molar-refractivity contribution in [1.29, 1.82) is 0 Å². The fourth-order valence-corrected chi connectivity index (χ4v) is 4.97. The zero-order valence-electron chi connectivity index (χ0n) is 21.6. The maximum absolute atomic E-state index is 13.2. The molecule has 0 bridgehead atoms. The number of amides is 2. The van der Waals surface area contributed by atoms with Crippen molar-refractivity contribution >= 4 is 34.4 Å². The molecule has 1 aromatic carbocycles. The molecule has 2 fully saturated rings. The number of piperazine rings is 1. The van der Waals surface area contributed by atoms with Crippen LogP contribution in [0.15, 0.2) is 54.9 Å². The lowest BCUT2D eigenvalue weighted by Crippen LogP contribution is -2.52. The smallest absolute Gasteiger partial charge is 0.270 e. The number of nitrogens with one attached hydrogen (secondary N) is 2. The highest BCUT2D eigenvalue weighted by molar-refractivity contribution is 5.99. The second-order valence-corrected chi connectivity index (χ2v) is 9.58. The zero-order valence-corrected chi connectivity index (χ0v) is 21.6. The van der Waals surface area contributed by atoms with Crippen LogP contribution in [-0.4, -0.2) is 87.5 Å². The molecule has 3 aromatic heterocycles. The Morgan fingerprint density at radius 2 is 1.82 bits per heavy atom. The molecule has 0 spiro atoms. The van der Waals surface area contributed by atoms with Crippen LogP contribution in [0.25, 0.3) is 22.3 Å². The maximum Gasteiger partial charge on any atom is 0.270 e. The maximum atomic E-state index is 13.2. The molecule has 11 nitrogen and oxygen atoms in total. The average molecular weight is 528 g/mol. The Morgan fingerprint density at radius 1 is 1.00 bits per heavy atom. The number of rotatable bonds is 6. The Kier molecular flexibility index (Phi) is 6.80. The number of benzene rings is 1. The van der Waals surface area contributed by atoms with Gasteiger partial charge in [-0.25, -0.2) is 9.97 Å². The van der Waals surface area contributed by atoms with Crippen molar-refractivity contribution in [2.45, 2.75) is 18.9 Å². The molecule has 5 heterocycles. The summed E-state index contributed by atoms with van der Waals surface area (Å²) in [6.07, 6.45) is 4.72.